The summed E-state index contributed by atoms with van der Waals surface area (Å²) >= 11 is 0. The Bertz CT molecular complexity index is 340. The zero-order chi connectivity index (χ0) is 13.3. The molecule has 0 amide bonds. The van der Waals surface area contributed by atoms with Gasteiger partial charge in [0.05, 0.1) is 6.20 Å². The minimum atomic E-state index is 0.821. The van der Waals surface area contributed by atoms with Crippen molar-refractivity contribution in [2.75, 3.05) is 13.1 Å². The minimum absolute atomic E-state index is 0.821. The van der Waals surface area contributed by atoms with Crippen molar-refractivity contribution in [3.63, 3.8) is 0 Å². The predicted molar refractivity (Wildman–Crippen MR) is 78.3 cm³/mol. The van der Waals surface area contributed by atoms with E-state index >= 15 is 0 Å². The molecule has 1 aromatic heterocycles. The molecule has 1 saturated carbocycles. The van der Waals surface area contributed by atoms with Crippen LogP contribution >= 0.6 is 0 Å². The molecule has 3 nitrogen and oxygen atoms in total. The molecule has 1 N–H and O–H groups in total. The largest absolute Gasteiger partial charge is 0.446 e. The Labute approximate surface area is 117 Å². The molecule has 0 atom stereocenters. The highest BCUT2D eigenvalue weighted by atomic mass is 16.4. The molecule has 0 aromatic carbocycles. The lowest BCUT2D eigenvalue weighted by Crippen LogP contribution is -2.17. The summed E-state index contributed by atoms with van der Waals surface area (Å²) in [6.07, 6.45) is 13.5. The molecule has 0 saturated heterocycles. The van der Waals surface area contributed by atoms with Gasteiger partial charge in [0, 0.05) is 19.4 Å². The highest BCUT2D eigenvalue weighted by molar-refractivity contribution is 4.96. The number of rotatable bonds is 7. The maximum absolute atomic E-state index is 5.86. The molecule has 1 heterocycles. The average Bonchev–Trinajstić information content (AvgIpc) is 2.69. The maximum atomic E-state index is 5.86. The molecule has 0 aliphatic heterocycles. The molecule has 2 rings (SSSR count). The van der Waals surface area contributed by atoms with Crippen molar-refractivity contribution in [3.8, 4) is 0 Å². The fourth-order valence-electron chi connectivity index (χ4n) is 2.91. The van der Waals surface area contributed by atoms with Gasteiger partial charge in [-0.25, -0.2) is 4.98 Å². The van der Waals surface area contributed by atoms with Crippen molar-refractivity contribution >= 4 is 0 Å². The molecule has 0 bridgehead atoms. The maximum Gasteiger partial charge on any atom is 0.195 e. The Morgan fingerprint density at radius 2 is 2.00 bits per heavy atom. The SMILES string of the molecule is CCCNCCc1ncc(CC2CCCCCC2)o1. The molecule has 0 unspecified atom stereocenters. The minimum Gasteiger partial charge on any atom is -0.446 e. The molecular weight excluding hydrogens is 236 g/mol. The van der Waals surface area contributed by atoms with Crippen molar-refractivity contribution in [3.05, 3.63) is 17.8 Å². The van der Waals surface area contributed by atoms with E-state index in [0.717, 1.165) is 43.5 Å². The quantitative estimate of drug-likeness (QED) is 0.602. The Hall–Kier alpha value is -0.830. The van der Waals surface area contributed by atoms with Gasteiger partial charge in [0.1, 0.15) is 5.76 Å². The summed E-state index contributed by atoms with van der Waals surface area (Å²) in [6.45, 7) is 4.23. The van der Waals surface area contributed by atoms with Crippen LogP contribution in [0.4, 0.5) is 0 Å². The lowest BCUT2D eigenvalue weighted by Gasteiger charge is -2.11. The van der Waals surface area contributed by atoms with Crippen LogP contribution in [0.2, 0.25) is 0 Å². The fourth-order valence-corrected chi connectivity index (χ4v) is 2.91. The normalized spacial score (nSPS) is 17.5. The number of nitrogens with one attached hydrogen (secondary N) is 1. The average molecular weight is 264 g/mol. The Morgan fingerprint density at radius 1 is 1.21 bits per heavy atom. The summed E-state index contributed by atoms with van der Waals surface area (Å²) in [5, 5.41) is 3.38. The standard InChI is InChI=1S/C16H28N2O/c1-2-10-17-11-9-16-18-13-15(19-16)12-14-7-5-3-4-6-8-14/h13-14,17H,2-12H2,1H3. The molecule has 1 aliphatic carbocycles. The van der Waals surface area contributed by atoms with Crippen molar-refractivity contribution in [2.24, 2.45) is 5.92 Å². The molecule has 0 radical (unpaired) electrons. The smallest absolute Gasteiger partial charge is 0.195 e. The van der Waals surface area contributed by atoms with Crippen LogP contribution in [-0.2, 0) is 12.8 Å². The van der Waals surface area contributed by atoms with Crippen LogP contribution < -0.4 is 5.32 Å². The van der Waals surface area contributed by atoms with Crippen LogP contribution in [-0.4, -0.2) is 18.1 Å². The Morgan fingerprint density at radius 3 is 2.74 bits per heavy atom. The Balaban J connectivity index is 1.73. The van der Waals surface area contributed by atoms with Crippen molar-refractivity contribution < 1.29 is 4.42 Å². The second-order valence-electron chi connectivity index (χ2n) is 5.78. The predicted octanol–water partition coefficient (Wildman–Crippen LogP) is 3.73. The highest BCUT2D eigenvalue weighted by Gasteiger charge is 2.15. The first-order chi connectivity index (χ1) is 9.38. The molecule has 3 heteroatoms. The van der Waals surface area contributed by atoms with Crippen molar-refractivity contribution in [1.82, 2.24) is 10.3 Å². The van der Waals surface area contributed by atoms with Crippen LogP contribution in [0.3, 0.4) is 0 Å². The molecule has 1 aliphatic rings. The van der Waals surface area contributed by atoms with E-state index in [4.69, 9.17) is 4.42 Å². The second kappa shape index (κ2) is 8.36. The zero-order valence-electron chi connectivity index (χ0n) is 12.3. The second-order valence-corrected chi connectivity index (χ2v) is 5.78. The lowest BCUT2D eigenvalue weighted by molar-refractivity contribution is 0.385. The third kappa shape index (κ3) is 5.35. The zero-order valence-corrected chi connectivity index (χ0v) is 12.3. The molecule has 108 valence electrons. The van der Waals surface area contributed by atoms with Crippen LogP contribution in [0.5, 0.6) is 0 Å². The van der Waals surface area contributed by atoms with Gasteiger partial charge in [0.25, 0.3) is 0 Å². The van der Waals surface area contributed by atoms with E-state index in [-0.39, 0.29) is 0 Å². The summed E-state index contributed by atoms with van der Waals surface area (Å²) in [5.74, 6) is 2.81. The van der Waals surface area contributed by atoms with E-state index in [9.17, 15) is 0 Å². The number of aromatic nitrogens is 1. The summed E-state index contributed by atoms with van der Waals surface area (Å²) in [4.78, 5) is 4.40. The summed E-state index contributed by atoms with van der Waals surface area (Å²) < 4.78 is 5.86. The van der Waals surface area contributed by atoms with E-state index in [1.165, 1.54) is 44.9 Å². The van der Waals surface area contributed by atoms with Crippen LogP contribution in [0.1, 0.15) is 63.5 Å². The van der Waals surface area contributed by atoms with E-state index in [0.29, 0.717) is 0 Å². The fraction of sp³-hybridized carbons (Fsp3) is 0.812. The highest BCUT2D eigenvalue weighted by Crippen LogP contribution is 2.26. The van der Waals surface area contributed by atoms with Crippen LogP contribution in [0, 0.1) is 5.92 Å². The lowest BCUT2D eigenvalue weighted by atomic mass is 9.96. The first-order valence-corrected chi connectivity index (χ1v) is 8.02. The molecule has 1 aromatic rings. The number of nitrogens with zero attached hydrogens (tertiary/aromatic N) is 1. The van der Waals surface area contributed by atoms with Gasteiger partial charge < -0.3 is 9.73 Å². The molecule has 19 heavy (non-hydrogen) atoms. The van der Waals surface area contributed by atoms with E-state index in [2.05, 4.69) is 17.2 Å². The molecular formula is C16H28N2O. The Kier molecular flexibility index (Phi) is 6.42. The van der Waals surface area contributed by atoms with Crippen molar-refractivity contribution in [2.45, 2.75) is 64.7 Å². The summed E-state index contributed by atoms with van der Waals surface area (Å²) in [7, 11) is 0. The van der Waals surface area contributed by atoms with Crippen molar-refractivity contribution in [1.29, 1.82) is 0 Å². The van der Waals surface area contributed by atoms with Gasteiger partial charge in [-0.3, -0.25) is 0 Å². The van der Waals surface area contributed by atoms with Gasteiger partial charge in [-0.2, -0.15) is 0 Å². The topological polar surface area (TPSA) is 38.1 Å². The monoisotopic (exact) mass is 264 g/mol. The third-order valence-electron chi connectivity index (χ3n) is 4.01. The van der Waals surface area contributed by atoms with Gasteiger partial charge in [-0.05, 0) is 18.9 Å². The first-order valence-electron chi connectivity index (χ1n) is 8.02. The molecule has 0 spiro atoms. The van der Waals surface area contributed by atoms with E-state index < -0.39 is 0 Å². The third-order valence-corrected chi connectivity index (χ3v) is 4.01. The van der Waals surface area contributed by atoms with Gasteiger partial charge in [-0.15, -0.1) is 0 Å². The van der Waals surface area contributed by atoms with Gasteiger partial charge in [0.15, 0.2) is 5.89 Å². The number of hydrogen-bond acceptors (Lipinski definition) is 3. The van der Waals surface area contributed by atoms with Gasteiger partial charge in [-0.1, -0.05) is 45.4 Å². The molecule has 1 fully saturated rings. The van der Waals surface area contributed by atoms with Crippen LogP contribution in [0.25, 0.3) is 0 Å². The summed E-state index contributed by atoms with van der Waals surface area (Å²) in [5.41, 5.74) is 0. The van der Waals surface area contributed by atoms with Crippen LogP contribution in [0.15, 0.2) is 10.6 Å². The van der Waals surface area contributed by atoms with E-state index in [1.807, 2.05) is 6.20 Å². The summed E-state index contributed by atoms with van der Waals surface area (Å²) in [6, 6.07) is 0. The first kappa shape index (κ1) is 14.6. The number of hydrogen-bond donors (Lipinski definition) is 1. The van der Waals surface area contributed by atoms with Gasteiger partial charge >= 0.3 is 0 Å². The van der Waals surface area contributed by atoms with Gasteiger partial charge in [0.2, 0.25) is 0 Å². The number of oxazole rings is 1. The van der Waals surface area contributed by atoms with E-state index in [1.54, 1.807) is 0 Å².